The molecule has 2 heterocycles. The van der Waals surface area contributed by atoms with E-state index in [9.17, 15) is 4.39 Å². The lowest BCUT2D eigenvalue weighted by molar-refractivity contribution is 0.295. The topological polar surface area (TPSA) is 35.0 Å². The van der Waals surface area contributed by atoms with E-state index >= 15 is 0 Å². The van der Waals surface area contributed by atoms with Crippen LogP contribution in [0.15, 0.2) is 36.7 Å². The van der Waals surface area contributed by atoms with Gasteiger partial charge in [-0.3, -0.25) is 4.98 Å². The number of aromatic nitrogens is 2. The highest BCUT2D eigenvalue weighted by Gasteiger charge is 2.07. The molecule has 0 aromatic carbocycles. The molecular formula is C17H21FN2O. The molecule has 2 aromatic rings. The van der Waals surface area contributed by atoms with Crippen LogP contribution in [0.1, 0.15) is 43.9 Å². The first-order chi connectivity index (χ1) is 10.3. The minimum Gasteiger partial charge on any atom is -0.487 e. The minimum atomic E-state index is -0.511. The van der Waals surface area contributed by atoms with Crippen LogP contribution in [-0.2, 0) is 13.0 Å². The van der Waals surface area contributed by atoms with Crippen molar-refractivity contribution in [2.45, 2.75) is 45.6 Å². The van der Waals surface area contributed by atoms with Gasteiger partial charge in [0.15, 0.2) is 0 Å². The van der Waals surface area contributed by atoms with E-state index in [-0.39, 0.29) is 0 Å². The van der Waals surface area contributed by atoms with Crippen LogP contribution >= 0.6 is 0 Å². The van der Waals surface area contributed by atoms with E-state index in [1.165, 1.54) is 25.3 Å². The number of nitrogens with zero attached hydrogens (tertiary/aromatic N) is 2. The van der Waals surface area contributed by atoms with Gasteiger partial charge in [0.05, 0.1) is 5.69 Å². The number of unbranched alkanes of at least 4 members (excludes halogenated alkanes) is 3. The molecular weight excluding hydrogens is 267 g/mol. The molecule has 0 aliphatic carbocycles. The van der Waals surface area contributed by atoms with Gasteiger partial charge in [0.25, 0.3) is 0 Å². The first-order valence-corrected chi connectivity index (χ1v) is 7.46. The van der Waals surface area contributed by atoms with Crippen molar-refractivity contribution in [1.29, 1.82) is 0 Å². The summed E-state index contributed by atoms with van der Waals surface area (Å²) in [6, 6.07) is 7.01. The summed E-state index contributed by atoms with van der Waals surface area (Å²) in [5, 5.41) is 0. The first kappa shape index (κ1) is 15.4. The lowest BCUT2D eigenvalue weighted by Gasteiger charge is -2.11. The molecule has 0 unspecified atom stereocenters. The Hall–Kier alpha value is -1.97. The Morgan fingerprint density at radius 3 is 2.81 bits per heavy atom. The quantitative estimate of drug-likeness (QED) is 0.536. The maximum absolute atomic E-state index is 13.3. The molecule has 3 nitrogen and oxygen atoms in total. The van der Waals surface area contributed by atoms with Gasteiger partial charge in [-0.1, -0.05) is 32.3 Å². The predicted molar refractivity (Wildman–Crippen MR) is 80.6 cm³/mol. The number of rotatable bonds is 8. The van der Waals surface area contributed by atoms with Gasteiger partial charge in [-0.05, 0) is 25.0 Å². The van der Waals surface area contributed by atoms with Crippen LogP contribution in [0.3, 0.4) is 0 Å². The van der Waals surface area contributed by atoms with Crippen LogP contribution in [0, 0.1) is 5.95 Å². The van der Waals surface area contributed by atoms with E-state index in [1.807, 2.05) is 18.2 Å². The SMILES string of the molecule is CCCCCCc1cnc(F)cc1OCc1ccccn1. The zero-order valence-corrected chi connectivity index (χ0v) is 12.4. The third kappa shape index (κ3) is 5.14. The van der Waals surface area contributed by atoms with Gasteiger partial charge in [-0.15, -0.1) is 0 Å². The van der Waals surface area contributed by atoms with Crippen LogP contribution in [0.5, 0.6) is 5.75 Å². The summed E-state index contributed by atoms with van der Waals surface area (Å²) in [4.78, 5) is 7.93. The Morgan fingerprint density at radius 2 is 2.05 bits per heavy atom. The van der Waals surface area contributed by atoms with Crippen LogP contribution in [0.4, 0.5) is 4.39 Å². The molecule has 0 atom stereocenters. The Morgan fingerprint density at radius 1 is 1.14 bits per heavy atom. The monoisotopic (exact) mass is 288 g/mol. The van der Waals surface area contributed by atoms with Crippen molar-refractivity contribution in [3.63, 3.8) is 0 Å². The number of hydrogen-bond acceptors (Lipinski definition) is 3. The van der Waals surface area contributed by atoms with E-state index in [2.05, 4.69) is 16.9 Å². The van der Waals surface area contributed by atoms with Gasteiger partial charge in [0, 0.05) is 24.0 Å². The van der Waals surface area contributed by atoms with Crippen LogP contribution < -0.4 is 4.74 Å². The van der Waals surface area contributed by atoms with Crippen LogP contribution in [0.25, 0.3) is 0 Å². The second kappa shape index (κ2) is 8.35. The number of pyridine rings is 2. The van der Waals surface area contributed by atoms with Crippen molar-refractivity contribution in [2.24, 2.45) is 0 Å². The smallest absolute Gasteiger partial charge is 0.216 e. The second-order valence-electron chi connectivity index (χ2n) is 5.04. The average Bonchev–Trinajstić information content (AvgIpc) is 2.52. The zero-order valence-electron chi connectivity index (χ0n) is 12.4. The highest BCUT2D eigenvalue weighted by molar-refractivity contribution is 5.31. The summed E-state index contributed by atoms with van der Waals surface area (Å²) in [6.07, 6.45) is 8.83. The van der Waals surface area contributed by atoms with E-state index in [1.54, 1.807) is 12.4 Å². The van der Waals surface area contributed by atoms with Crippen molar-refractivity contribution in [3.8, 4) is 5.75 Å². The molecule has 0 aliphatic rings. The van der Waals surface area contributed by atoms with E-state index in [0.29, 0.717) is 12.4 Å². The van der Waals surface area contributed by atoms with E-state index in [4.69, 9.17) is 4.74 Å². The van der Waals surface area contributed by atoms with E-state index in [0.717, 1.165) is 24.1 Å². The Kier molecular flexibility index (Phi) is 6.13. The molecule has 0 saturated carbocycles. The second-order valence-corrected chi connectivity index (χ2v) is 5.04. The molecule has 0 N–H and O–H groups in total. The molecule has 0 bridgehead atoms. The summed E-state index contributed by atoms with van der Waals surface area (Å²) in [7, 11) is 0. The summed E-state index contributed by atoms with van der Waals surface area (Å²) in [5.41, 5.74) is 1.79. The number of ether oxygens (including phenoxy) is 1. The van der Waals surface area contributed by atoms with Crippen molar-refractivity contribution < 1.29 is 9.13 Å². The maximum atomic E-state index is 13.3. The normalized spacial score (nSPS) is 10.6. The van der Waals surface area contributed by atoms with E-state index < -0.39 is 5.95 Å². The molecule has 21 heavy (non-hydrogen) atoms. The Balaban J connectivity index is 1.97. The lowest BCUT2D eigenvalue weighted by atomic mass is 10.1. The summed E-state index contributed by atoms with van der Waals surface area (Å²) in [6.45, 7) is 2.52. The van der Waals surface area contributed by atoms with Crippen molar-refractivity contribution in [1.82, 2.24) is 9.97 Å². The fraction of sp³-hybridized carbons (Fsp3) is 0.412. The van der Waals surface area contributed by atoms with Crippen molar-refractivity contribution >= 4 is 0 Å². The number of halogens is 1. The largest absolute Gasteiger partial charge is 0.487 e. The molecule has 0 amide bonds. The molecule has 0 fully saturated rings. The van der Waals surface area contributed by atoms with Crippen molar-refractivity contribution in [3.05, 3.63) is 53.9 Å². The Labute approximate surface area is 125 Å². The molecule has 4 heteroatoms. The number of aryl methyl sites for hydroxylation is 1. The minimum absolute atomic E-state index is 0.340. The zero-order chi connectivity index (χ0) is 14.9. The van der Waals surface area contributed by atoms with Gasteiger partial charge in [0.1, 0.15) is 12.4 Å². The predicted octanol–water partition coefficient (Wildman–Crippen LogP) is 4.32. The molecule has 0 aliphatic heterocycles. The fourth-order valence-electron chi connectivity index (χ4n) is 2.14. The third-order valence-corrected chi connectivity index (χ3v) is 3.31. The molecule has 2 rings (SSSR count). The average molecular weight is 288 g/mol. The standard InChI is InChI=1S/C17H21FN2O/c1-2-3-4-5-8-14-12-20-17(18)11-16(14)21-13-15-9-6-7-10-19-15/h6-7,9-12H,2-5,8,13H2,1H3. The van der Waals surface area contributed by atoms with Gasteiger partial charge in [-0.25, -0.2) is 4.98 Å². The van der Waals surface area contributed by atoms with Crippen LogP contribution in [0.2, 0.25) is 0 Å². The van der Waals surface area contributed by atoms with Gasteiger partial charge < -0.3 is 4.74 Å². The molecule has 112 valence electrons. The lowest BCUT2D eigenvalue weighted by Crippen LogP contribution is -2.02. The Bertz CT molecular complexity index is 546. The van der Waals surface area contributed by atoms with Gasteiger partial charge in [-0.2, -0.15) is 4.39 Å². The summed E-state index contributed by atoms with van der Waals surface area (Å²) < 4.78 is 19.0. The van der Waals surface area contributed by atoms with Crippen molar-refractivity contribution in [2.75, 3.05) is 0 Å². The molecule has 0 saturated heterocycles. The summed E-state index contributed by atoms with van der Waals surface area (Å²) in [5.74, 6) is 0.0629. The maximum Gasteiger partial charge on any atom is 0.216 e. The van der Waals surface area contributed by atoms with Crippen LogP contribution in [-0.4, -0.2) is 9.97 Å². The highest BCUT2D eigenvalue weighted by atomic mass is 19.1. The summed E-state index contributed by atoms with van der Waals surface area (Å²) >= 11 is 0. The van der Waals surface area contributed by atoms with Gasteiger partial charge in [0.2, 0.25) is 5.95 Å². The van der Waals surface area contributed by atoms with Gasteiger partial charge >= 0.3 is 0 Å². The molecule has 0 radical (unpaired) electrons. The third-order valence-electron chi connectivity index (χ3n) is 3.31. The first-order valence-electron chi connectivity index (χ1n) is 7.46. The fourth-order valence-corrected chi connectivity index (χ4v) is 2.14. The molecule has 2 aromatic heterocycles. The highest BCUT2D eigenvalue weighted by Crippen LogP contribution is 2.22. The number of hydrogen-bond donors (Lipinski definition) is 0. The molecule has 0 spiro atoms.